The van der Waals surface area contributed by atoms with Crippen LogP contribution in [0.4, 0.5) is 5.13 Å². The first-order valence-corrected chi connectivity index (χ1v) is 12.1. The number of likely N-dealkylation sites (N-methyl/N-ethyl adjacent to an activating group) is 1. The van der Waals surface area contributed by atoms with Gasteiger partial charge in [-0.1, -0.05) is 49.4 Å². The van der Waals surface area contributed by atoms with Crippen LogP contribution in [0, 0.1) is 13.8 Å². The molecule has 0 saturated carbocycles. The molecule has 3 aromatic rings. The number of carbonyl (C=O) groups is 1. The number of aryl methyl sites for hydroxylation is 2. The smallest absolute Gasteiger partial charge is 0.261 e. The van der Waals surface area contributed by atoms with Crippen molar-refractivity contribution in [2.45, 2.75) is 32.6 Å². The molecule has 0 atom stereocenters. The first-order chi connectivity index (χ1) is 14.0. The molecule has 0 radical (unpaired) electrons. The standard InChI is InChI=1S/C23H29N3OS2.ClH/c1-6-25(7-2)14-15-26(22(27)18-10-8-9-11-19(18)28-5)23-24-20-16(3)12-13-17(4)21(20)29-23;/h8-13H,6-7,14-15H2,1-5H3;1H. The van der Waals surface area contributed by atoms with Gasteiger partial charge in [-0.25, -0.2) is 4.98 Å². The minimum Gasteiger partial charge on any atom is -0.302 e. The second kappa shape index (κ2) is 11.1. The number of hydrogen-bond acceptors (Lipinski definition) is 5. The number of hydrogen-bond donors (Lipinski definition) is 0. The van der Waals surface area contributed by atoms with Gasteiger partial charge in [-0.05, 0) is 56.5 Å². The highest BCUT2D eigenvalue weighted by Gasteiger charge is 2.24. The molecule has 30 heavy (non-hydrogen) atoms. The predicted octanol–water partition coefficient (Wildman–Crippen LogP) is 6.05. The van der Waals surface area contributed by atoms with Gasteiger partial charge in [0.15, 0.2) is 5.13 Å². The van der Waals surface area contributed by atoms with Gasteiger partial charge < -0.3 is 4.90 Å². The summed E-state index contributed by atoms with van der Waals surface area (Å²) in [6, 6.07) is 12.1. The van der Waals surface area contributed by atoms with Crippen LogP contribution < -0.4 is 4.90 Å². The Morgan fingerprint density at radius 2 is 1.70 bits per heavy atom. The summed E-state index contributed by atoms with van der Waals surface area (Å²) in [5.74, 6) is 0.0245. The van der Waals surface area contributed by atoms with Crippen molar-refractivity contribution in [3.8, 4) is 0 Å². The number of halogens is 1. The topological polar surface area (TPSA) is 36.4 Å². The van der Waals surface area contributed by atoms with Crippen molar-refractivity contribution < 1.29 is 4.79 Å². The van der Waals surface area contributed by atoms with E-state index in [-0.39, 0.29) is 18.3 Å². The molecule has 1 amide bonds. The number of carbonyl (C=O) groups excluding carboxylic acids is 1. The van der Waals surface area contributed by atoms with Crippen LogP contribution in [-0.2, 0) is 0 Å². The van der Waals surface area contributed by atoms with Crippen LogP contribution >= 0.6 is 35.5 Å². The van der Waals surface area contributed by atoms with Crippen molar-refractivity contribution in [2.24, 2.45) is 0 Å². The second-order valence-electron chi connectivity index (χ2n) is 7.06. The van der Waals surface area contributed by atoms with E-state index in [1.807, 2.05) is 35.4 Å². The Morgan fingerprint density at radius 1 is 1.03 bits per heavy atom. The molecule has 0 spiro atoms. The molecule has 0 aliphatic rings. The maximum atomic E-state index is 13.6. The predicted molar refractivity (Wildman–Crippen MR) is 134 cm³/mol. The number of rotatable bonds is 8. The fraction of sp³-hybridized carbons (Fsp3) is 0.391. The molecule has 4 nitrogen and oxygen atoms in total. The average molecular weight is 464 g/mol. The zero-order valence-corrected chi connectivity index (χ0v) is 20.7. The summed E-state index contributed by atoms with van der Waals surface area (Å²) in [6.07, 6.45) is 2.01. The number of benzene rings is 2. The van der Waals surface area contributed by atoms with Crippen molar-refractivity contribution in [3.05, 3.63) is 53.1 Å². The third kappa shape index (κ3) is 5.17. The van der Waals surface area contributed by atoms with E-state index in [0.29, 0.717) is 6.54 Å². The number of thioether (sulfide) groups is 1. The molecule has 1 heterocycles. The summed E-state index contributed by atoms with van der Waals surface area (Å²) in [5.41, 5.74) is 4.10. The summed E-state index contributed by atoms with van der Waals surface area (Å²) in [7, 11) is 0. The summed E-state index contributed by atoms with van der Waals surface area (Å²) in [4.78, 5) is 23.7. The van der Waals surface area contributed by atoms with Gasteiger partial charge >= 0.3 is 0 Å². The summed E-state index contributed by atoms with van der Waals surface area (Å²) < 4.78 is 1.17. The largest absolute Gasteiger partial charge is 0.302 e. The van der Waals surface area contributed by atoms with E-state index in [9.17, 15) is 4.79 Å². The minimum absolute atomic E-state index is 0. The molecular formula is C23H30ClN3OS2. The molecule has 1 aromatic heterocycles. The first-order valence-electron chi connectivity index (χ1n) is 10.0. The van der Waals surface area contributed by atoms with Gasteiger partial charge in [0.05, 0.1) is 15.8 Å². The minimum atomic E-state index is 0. The third-order valence-corrected chi connectivity index (χ3v) is 7.29. The summed E-state index contributed by atoms with van der Waals surface area (Å²) in [6.45, 7) is 11.9. The Hall–Kier alpha value is -1.60. The SMILES string of the molecule is CCN(CC)CCN(C(=O)c1ccccc1SC)c1nc2c(C)ccc(C)c2s1.Cl. The fourth-order valence-electron chi connectivity index (χ4n) is 3.40. The van der Waals surface area contributed by atoms with Gasteiger partial charge in [0.1, 0.15) is 0 Å². The van der Waals surface area contributed by atoms with Crippen LogP contribution in [0.5, 0.6) is 0 Å². The van der Waals surface area contributed by atoms with E-state index >= 15 is 0 Å². The summed E-state index contributed by atoms with van der Waals surface area (Å²) >= 11 is 3.22. The lowest BCUT2D eigenvalue weighted by atomic mass is 10.1. The van der Waals surface area contributed by atoms with E-state index in [2.05, 4.69) is 44.7 Å². The Balaban J connectivity index is 0.00000320. The van der Waals surface area contributed by atoms with Gasteiger partial charge in [-0.3, -0.25) is 9.69 Å². The Bertz CT molecular complexity index is 962. The lowest BCUT2D eigenvalue weighted by Crippen LogP contribution is -2.39. The van der Waals surface area contributed by atoms with Crippen molar-refractivity contribution in [1.29, 1.82) is 0 Å². The van der Waals surface area contributed by atoms with Gasteiger partial charge in [0.25, 0.3) is 5.91 Å². The van der Waals surface area contributed by atoms with Crippen LogP contribution in [0.1, 0.15) is 35.3 Å². The molecule has 0 unspecified atom stereocenters. The van der Waals surface area contributed by atoms with E-state index in [1.165, 1.54) is 10.3 Å². The van der Waals surface area contributed by atoms with Crippen molar-refractivity contribution in [3.63, 3.8) is 0 Å². The van der Waals surface area contributed by atoms with Crippen LogP contribution in [0.15, 0.2) is 41.3 Å². The highest BCUT2D eigenvalue weighted by atomic mass is 35.5. The average Bonchev–Trinajstić information content (AvgIpc) is 3.20. The monoisotopic (exact) mass is 463 g/mol. The third-order valence-electron chi connectivity index (χ3n) is 5.28. The molecule has 0 aliphatic carbocycles. The fourth-order valence-corrected chi connectivity index (χ4v) is 5.12. The number of nitrogens with zero attached hydrogens (tertiary/aromatic N) is 3. The van der Waals surface area contributed by atoms with E-state index in [0.717, 1.165) is 46.3 Å². The number of thiazole rings is 1. The Labute approximate surface area is 194 Å². The highest BCUT2D eigenvalue weighted by molar-refractivity contribution is 7.98. The first kappa shape index (κ1) is 24.7. The molecule has 162 valence electrons. The maximum Gasteiger partial charge on any atom is 0.261 e. The highest BCUT2D eigenvalue weighted by Crippen LogP contribution is 2.34. The molecule has 0 N–H and O–H groups in total. The van der Waals surface area contributed by atoms with Crippen molar-refractivity contribution >= 4 is 56.8 Å². The number of aromatic nitrogens is 1. The van der Waals surface area contributed by atoms with Crippen LogP contribution in [0.3, 0.4) is 0 Å². The zero-order chi connectivity index (χ0) is 21.0. The number of amides is 1. The molecular weight excluding hydrogens is 434 g/mol. The van der Waals surface area contributed by atoms with Crippen molar-refractivity contribution in [1.82, 2.24) is 9.88 Å². The molecule has 0 aliphatic heterocycles. The second-order valence-corrected chi connectivity index (χ2v) is 8.88. The maximum absolute atomic E-state index is 13.6. The molecule has 0 bridgehead atoms. The Kier molecular flexibility index (Phi) is 9.16. The molecule has 0 saturated heterocycles. The molecule has 7 heteroatoms. The Morgan fingerprint density at radius 3 is 2.33 bits per heavy atom. The van der Waals surface area contributed by atoms with Crippen LogP contribution in [0.2, 0.25) is 0 Å². The molecule has 0 fully saturated rings. The van der Waals surface area contributed by atoms with Crippen LogP contribution in [0.25, 0.3) is 10.2 Å². The van der Waals surface area contributed by atoms with E-state index in [4.69, 9.17) is 4.98 Å². The van der Waals surface area contributed by atoms with Crippen molar-refractivity contribution in [2.75, 3.05) is 37.3 Å². The van der Waals surface area contributed by atoms with Crippen LogP contribution in [-0.4, -0.2) is 48.2 Å². The van der Waals surface area contributed by atoms with Gasteiger partial charge in [-0.2, -0.15) is 0 Å². The number of anilines is 1. The van der Waals surface area contributed by atoms with E-state index in [1.54, 1.807) is 23.1 Å². The van der Waals surface area contributed by atoms with E-state index < -0.39 is 0 Å². The summed E-state index contributed by atoms with van der Waals surface area (Å²) in [5, 5.41) is 0.783. The van der Waals surface area contributed by atoms with Gasteiger partial charge in [0.2, 0.25) is 0 Å². The zero-order valence-electron chi connectivity index (χ0n) is 18.3. The quantitative estimate of drug-likeness (QED) is 0.381. The lowest BCUT2D eigenvalue weighted by Gasteiger charge is -2.25. The molecule has 2 aromatic carbocycles. The lowest BCUT2D eigenvalue weighted by molar-refractivity contribution is 0.0981. The number of fused-ring (bicyclic) bond motifs is 1. The normalized spacial score (nSPS) is 11.0. The van der Waals surface area contributed by atoms with Gasteiger partial charge in [-0.15, -0.1) is 24.2 Å². The van der Waals surface area contributed by atoms with Gasteiger partial charge in [0, 0.05) is 18.0 Å². The molecule has 3 rings (SSSR count).